The summed E-state index contributed by atoms with van der Waals surface area (Å²) >= 11 is 1.81. The lowest BCUT2D eigenvalue weighted by atomic mass is 10.2. The van der Waals surface area contributed by atoms with E-state index in [4.69, 9.17) is 0 Å². The highest BCUT2D eigenvalue weighted by Gasteiger charge is 2.34. The van der Waals surface area contributed by atoms with Crippen molar-refractivity contribution in [3.8, 4) is 0 Å². The van der Waals surface area contributed by atoms with Crippen molar-refractivity contribution in [3.05, 3.63) is 62.4 Å². The van der Waals surface area contributed by atoms with Crippen LogP contribution in [0.4, 0.5) is 9.18 Å². The predicted molar refractivity (Wildman–Crippen MR) is 106 cm³/mol. The molecule has 1 aromatic carbocycles. The van der Waals surface area contributed by atoms with E-state index in [9.17, 15) is 23.6 Å². The van der Waals surface area contributed by atoms with Crippen molar-refractivity contribution >= 4 is 52.0 Å². The molecule has 0 bridgehead atoms. The van der Waals surface area contributed by atoms with Crippen molar-refractivity contribution < 1.29 is 23.6 Å². The Bertz CT molecular complexity index is 999. The smallest absolute Gasteiger partial charge is 0.293 e. The highest BCUT2D eigenvalue weighted by molar-refractivity contribution is 8.18. The third kappa shape index (κ3) is 4.37. The Labute approximate surface area is 168 Å². The summed E-state index contributed by atoms with van der Waals surface area (Å²) in [6.45, 7) is 1.48. The van der Waals surface area contributed by atoms with E-state index >= 15 is 0 Å². The van der Waals surface area contributed by atoms with Gasteiger partial charge in [0.05, 0.1) is 14.7 Å². The molecule has 1 N–H and O–H groups in total. The molecule has 0 aliphatic carbocycles. The van der Waals surface area contributed by atoms with E-state index < -0.39 is 17.0 Å². The summed E-state index contributed by atoms with van der Waals surface area (Å²) in [6.07, 6.45) is 1.34. The highest BCUT2D eigenvalue weighted by Crippen LogP contribution is 2.32. The minimum absolute atomic E-state index is 0.00401. The van der Waals surface area contributed by atoms with Gasteiger partial charge in [-0.05, 0) is 43.0 Å². The van der Waals surface area contributed by atoms with Crippen LogP contribution in [0.25, 0.3) is 6.08 Å². The Morgan fingerprint density at radius 1 is 1.14 bits per heavy atom. The quantitative estimate of drug-likeness (QED) is 0.573. The lowest BCUT2D eigenvalue weighted by molar-refractivity contribution is -0.122. The van der Waals surface area contributed by atoms with Crippen molar-refractivity contribution in [2.75, 3.05) is 13.1 Å². The molecule has 3 amide bonds. The first-order valence-electron chi connectivity index (χ1n) is 8.25. The molecule has 0 radical (unpaired) electrons. The number of ketones is 1. The Balaban J connectivity index is 1.59. The second-order valence-corrected chi connectivity index (χ2v) is 7.91. The van der Waals surface area contributed by atoms with Gasteiger partial charge >= 0.3 is 0 Å². The standard InChI is InChI=1S/C19H15FN2O4S2/c1-11(23)14-6-7-15(27-14)17(24)21-8-9-22-18(25)16(28-19(22)26)10-12-4-2-3-5-13(12)20/h2-7,10H,8-9H2,1H3,(H,21,24)/b16-10-. The number of hydrogen-bond acceptors (Lipinski definition) is 6. The largest absolute Gasteiger partial charge is 0.350 e. The summed E-state index contributed by atoms with van der Waals surface area (Å²) in [4.78, 5) is 49.9. The van der Waals surface area contributed by atoms with Crippen LogP contribution in [0.15, 0.2) is 41.3 Å². The van der Waals surface area contributed by atoms with Crippen LogP contribution in [0.3, 0.4) is 0 Å². The number of hydrogen-bond donors (Lipinski definition) is 1. The number of rotatable bonds is 6. The van der Waals surface area contributed by atoms with Gasteiger partial charge in [-0.3, -0.25) is 24.1 Å². The second kappa shape index (κ2) is 8.49. The Kier molecular flexibility index (Phi) is 6.05. The molecule has 3 rings (SSSR count). The molecule has 2 heterocycles. The first kappa shape index (κ1) is 20.0. The molecule has 1 aliphatic rings. The number of halogens is 1. The summed E-state index contributed by atoms with van der Waals surface area (Å²) in [5, 5.41) is 2.14. The predicted octanol–water partition coefficient (Wildman–Crippen LogP) is 3.56. The molecule has 1 aromatic heterocycles. The van der Waals surface area contributed by atoms with E-state index in [1.165, 1.54) is 31.2 Å². The third-order valence-electron chi connectivity index (χ3n) is 3.86. The molecule has 2 aromatic rings. The van der Waals surface area contributed by atoms with Gasteiger partial charge in [-0.15, -0.1) is 11.3 Å². The molecule has 28 heavy (non-hydrogen) atoms. The molecule has 144 valence electrons. The topological polar surface area (TPSA) is 83.6 Å². The summed E-state index contributed by atoms with van der Waals surface area (Å²) in [7, 11) is 0. The SMILES string of the molecule is CC(=O)c1ccc(C(=O)NCCN2C(=O)S/C(=C\c3ccccc3F)C2=O)s1. The van der Waals surface area contributed by atoms with Gasteiger partial charge in [0.1, 0.15) is 5.82 Å². The zero-order chi connectivity index (χ0) is 20.3. The zero-order valence-electron chi connectivity index (χ0n) is 14.7. The summed E-state index contributed by atoms with van der Waals surface area (Å²) in [6, 6.07) is 9.08. The minimum atomic E-state index is -0.525. The number of amides is 3. The van der Waals surface area contributed by atoms with Gasteiger partial charge in [0.15, 0.2) is 5.78 Å². The molecule has 0 atom stereocenters. The molecule has 1 aliphatic heterocycles. The first-order chi connectivity index (χ1) is 13.4. The van der Waals surface area contributed by atoms with E-state index in [-0.39, 0.29) is 35.2 Å². The number of benzene rings is 1. The van der Waals surface area contributed by atoms with Crippen molar-refractivity contribution in [1.29, 1.82) is 0 Å². The number of Topliss-reactive ketones (excluding diaryl/α,β-unsaturated/α-hetero) is 1. The van der Waals surface area contributed by atoms with Crippen molar-refractivity contribution in [2.24, 2.45) is 0 Å². The number of nitrogens with zero attached hydrogens (tertiary/aromatic N) is 1. The molecule has 0 unspecified atom stereocenters. The summed E-state index contributed by atoms with van der Waals surface area (Å²) in [5.41, 5.74) is 0.222. The van der Waals surface area contributed by atoms with E-state index in [1.807, 2.05) is 0 Å². The molecule has 9 heteroatoms. The van der Waals surface area contributed by atoms with Gasteiger partial charge in [-0.25, -0.2) is 4.39 Å². The van der Waals surface area contributed by atoms with E-state index in [0.717, 1.165) is 28.0 Å². The molecule has 6 nitrogen and oxygen atoms in total. The number of imide groups is 1. The van der Waals surface area contributed by atoms with Crippen LogP contribution in [0, 0.1) is 5.82 Å². The fourth-order valence-corrected chi connectivity index (χ4v) is 4.12. The summed E-state index contributed by atoms with van der Waals surface area (Å²) in [5.74, 6) is -1.51. The maximum absolute atomic E-state index is 13.7. The number of carbonyl (C=O) groups is 4. The molecular weight excluding hydrogens is 403 g/mol. The first-order valence-corrected chi connectivity index (χ1v) is 9.89. The van der Waals surface area contributed by atoms with Crippen LogP contribution >= 0.6 is 23.1 Å². The van der Waals surface area contributed by atoms with Gasteiger partial charge in [-0.2, -0.15) is 0 Å². The monoisotopic (exact) mass is 418 g/mol. The lowest BCUT2D eigenvalue weighted by Crippen LogP contribution is -2.37. The fourth-order valence-electron chi connectivity index (χ4n) is 2.44. The number of thioether (sulfide) groups is 1. The van der Waals surface area contributed by atoms with Crippen molar-refractivity contribution in [3.63, 3.8) is 0 Å². The normalized spacial score (nSPS) is 15.4. The lowest BCUT2D eigenvalue weighted by Gasteiger charge is -2.12. The van der Waals surface area contributed by atoms with Crippen LogP contribution in [-0.2, 0) is 4.79 Å². The van der Waals surface area contributed by atoms with Crippen LogP contribution < -0.4 is 5.32 Å². The van der Waals surface area contributed by atoms with Crippen LogP contribution in [-0.4, -0.2) is 40.8 Å². The fraction of sp³-hybridized carbons (Fsp3) is 0.158. The van der Waals surface area contributed by atoms with Gasteiger partial charge in [0.25, 0.3) is 17.1 Å². The third-order valence-corrected chi connectivity index (χ3v) is 5.96. The molecule has 0 saturated carbocycles. The molecule has 1 fully saturated rings. The van der Waals surface area contributed by atoms with Crippen molar-refractivity contribution in [2.45, 2.75) is 6.92 Å². The van der Waals surface area contributed by atoms with Gasteiger partial charge in [0, 0.05) is 18.7 Å². The molecule has 0 spiro atoms. The Morgan fingerprint density at radius 2 is 1.86 bits per heavy atom. The number of nitrogens with one attached hydrogen (secondary N) is 1. The Hall–Kier alpha value is -2.78. The summed E-state index contributed by atoms with van der Waals surface area (Å²) < 4.78 is 13.7. The van der Waals surface area contributed by atoms with E-state index in [2.05, 4.69) is 5.32 Å². The molecular formula is C19H15FN2O4S2. The van der Waals surface area contributed by atoms with Crippen LogP contribution in [0.1, 0.15) is 31.8 Å². The van der Waals surface area contributed by atoms with Gasteiger partial charge in [0.2, 0.25) is 0 Å². The van der Waals surface area contributed by atoms with Gasteiger partial charge < -0.3 is 5.32 Å². The van der Waals surface area contributed by atoms with Crippen LogP contribution in [0.2, 0.25) is 0 Å². The Morgan fingerprint density at radius 3 is 2.54 bits per heavy atom. The second-order valence-electron chi connectivity index (χ2n) is 5.83. The van der Waals surface area contributed by atoms with E-state index in [1.54, 1.807) is 18.2 Å². The average Bonchev–Trinajstić information content (AvgIpc) is 3.25. The minimum Gasteiger partial charge on any atom is -0.350 e. The van der Waals surface area contributed by atoms with E-state index in [0.29, 0.717) is 9.75 Å². The maximum atomic E-state index is 13.7. The number of thiophene rings is 1. The average molecular weight is 418 g/mol. The van der Waals surface area contributed by atoms with Crippen LogP contribution in [0.5, 0.6) is 0 Å². The number of carbonyl (C=O) groups excluding carboxylic acids is 4. The molecule has 1 saturated heterocycles. The zero-order valence-corrected chi connectivity index (χ0v) is 16.4. The highest BCUT2D eigenvalue weighted by atomic mass is 32.2. The maximum Gasteiger partial charge on any atom is 0.293 e. The van der Waals surface area contributed by atoms with Crippen molar-refractivity contribution in [1.82, 2.24) is 10.2 Å². The van der Waals surface area contributed by atoms with Gasteiger partial charge in [-0.1, -0.05) is 18.2 Å².